The van der Waals surface area contributed by atoms with Gasteiger partial charge < -0.3 is 20.1 Å². The Kier molecular flexibility index (Phi) is 5.56. The molecule has 1 aliphatic heterocycles. The smallest absolute Gasteiger partial charge is 0.408 e. The minimum Gasteiger partial charge on any atom is -0.480 e. The summed E-state index contributed by atoms with van der Waals surface area (Å²) in [5.74, 6) is -1.46. The van der Waals surface area contributed by atoms with Crippen molar-refractivity contribution in [2.75, 3.05) is 13.2 Å². The first kappa shape index (κ1) is 16.8. The van der Waals surface area contributed by atoms with Gasteiger partial charge in [0, 0.05) is 6.54 Å². The van der Waals surface area contributed by atoms with Crippen LogP contribution in [0.4, 0.5) is 4.79 Å². The molecule has 0 radical (unpaired) electrons. The van der Waals surface area contributed by atoms with Gasteiger partial charge in [0.1, 0.15) is 12.1 Å². The number of nitrogens with zero attached hydrogens (tertiary/aromatic N) is 1. The molecule has 0 saturated carbocycles. The van der Waals surface area contributed by atoms with E-state index in [9.17, 15) is 19.5 Å². The molecule has 1 fully saturated rings. The number of carbonyl (C=O) groups excluding carboxylic acids is 2. The predicted octanol–water partition coefficient (Wildman–Crippen LogP) is 1.55. The highest BCUT2D eigenvalue weighted by Crippen LogP contribution is 2.24. The van der Waals surface area contributed by atoms with E-state index in [-0.39, 0.29) is 6.61 Å². The Balaban J connectivity index is 2.24. The van der Waals surface area contributed by atoms with Crippen LogP contribution in [-0.4, -0.2) is 47.2 Å². The van der Waals surface area contributed by atoms with E-state index in [1.165, 1.54) is 4.90 Å². The molecule has 124 valence electrons. The Bertz CT molecular complexity index is 575. The molecule has 1 heterocycles. The third-order valence-corrected chi connectivity index (χ3v) is 3.74. The van der Waals surface area contributed by atoms with E-state index in [0.29, 0.717) is 24.9 Å². The largest absolute Gasteiger partial charge is 0.480 e. The minimum atomic E-state index is -1.03. The SMILES string of the molecule is CCOC(=O)NC(C(=O)N1CCCC1C(=O)O)c1ccccc1. The van der Waals surface area contributed by atoms with Crippen LogP contribution in [0.25, 0.3) is 0 Å². The second kappa shape index (κ2) is 7.62. The second-order valence-electron chi connectivity index (χ2n) is 5.24. The van der Waals surface area contributed by atoms with Gasteiger partial charge in [-0.15, -0.1) is 0 Å². The molecular formula is C16H20N2O5. The van der Waals surface area contributed by atoms with E-state index in [1.54, 1.807) is 37.3 Å². The standard InChI is InChI=1S/C16H20N2O5/c1-2-23-16(22)17-13(11-7-4-3-5-8-11)14(19)18-10-6-9-12(18)15(20)21/h3-5,7-8,12-13H,2,6,9-10H2,1H3,(H,17,22)(H,20,21). The van der Waals surface area contributed by atoms with Crippen molar-refractivity contribution in [1.82, 2.24) is 10.2 Å². The Hall–Kier alpha value is -2.57. The van der Waals surface area contributed by atoms with E-state index in [0.717, 1.165) is 0 Å². The average Bonchev–Trinajstić information content (AvgIpc) is 3.03. The fourth-order valence-corrected chi connectivity index (χ4v) is 2.68. The quantitative estimate of drug-likeness (QED) is 0.858. The number of carboxylic acids is 1. The predicted molar refractivity (Wildman–Crippen MR) is 81.7 cm³/mol. The molecule has 23 heavy (non-hydrogen) atoms. The number of nitrogens with one attached hydrogen (secondary N) is 1. The van der Waals surface area contributed by atoms with E-state index < -0.39 is 30.1 Å². The molecule has 1 saturated heterocycles. The summed E-state index contributed by atoms with van der Waals surface area (Å²) in [6.07, 6.45) is 0.340. The fraction of sp³-hybridized carbons (Fsp3) is 0.438. The Labute approximate surface area is 134 Å². The summed E-state index contributed by atoms with van der Waals surface area (Å²) >= 11 is 0. The van der Waals surface area contributed by atoms with Crippen LogP contribution in [0, 0.1) is 0 Å². The number of alkyl carbamates (subject to hydrolysis) is 1. The van der Waals surface area contributed by atoms with Gasteiger partial charge in [0.05, 0.1) is 6.61 Å². The number of ether oxygens (including phenoxy) is 1. The lowest BCUT2D eigenvalue weighted by Gasteiger charge is -2.27. The van der Waals surface area contributed by atoms with Gasteiger partial charge >= 0.3 is 12.1 Å². The monoisotopic (exact) mass is 320 g/mol. The number of rotatable bonds is 5. The molecule has 0 spiro atoms. The molecule has 7 heteroatoms. The highest BCUT2D eigenvalue weighted by molar-refractivity contribution is 5.90. The van der Waals surface area contributed by atoms with Crippen molar-refractivity contribution < 1.29 is 24.2 Å². The van der Waals surface area contributed by atoms with Crippen LogP contribution in [-0.2, 0) is 14.3 Å². The molecule has 0 aromatic heterocycles. The average molecular weight is 320 g/mol. The maximum Gasteiger partial charge on any atom is 0.408 e. The summed E-state index contributed by atoms with van der Waals surface area (Å²) in [5.41, 5.74) is 0.585. The molecule has 7 nitrogen and oxygen atoms in total. The zero-order chi connectivity index (χ0) is 16.8. The van der Waals surface area contributed by atoms with Gasteiger partial charge in [-0.05, 0) is 25.3 Å². The van der Waals surface area contributed by atoms with E-state index >= 15 is 0 Å². The van der Waals surface area contributed by atoms with Crippen LogP contribution in [0.3, 0.4) is 0 Å². The summed E-state index contributed by atoms with van der Waals surface area (Å²) in [6, 6.07) is 6.90. The number of hydrogen-bond donors (Lipinski definition) is 2. The van der Waals surface area contributed by atoms with Gasteiger partial charge in [0.15, 0.2) is 0 Å². The van der Waals surface area contributed by atoms with Gasteiger partial charge in [-0.1, -0.05) is 30.3 Å². The van der Waals surface area contributed by atoms with Crippen molar-refractivity contribution in [3.63, 3.8) is 0 Å². The normalized spacial score (nSPS) is 18.3. The number of aliphatic carboxylic acids is 1. The van der Waals surface area contributed by atoms with Gasteiger partial charge in [-0.3, -0.25) is 4.79 Å². The van der Waals surface area contributed by atoms with E-state index in [1.807, 2.05) is 0 Å². The van der Waals surface area contributed by atoms with Crippen molar-refractivity contribution >= 4 is 18.0 Å². The van der Waals surface area contributed by atoms with Gasteiger partial charge in [-0.25, -0.2) is 9.59 Å². The summed E-state index contributed by atoms with van der Waals surface area (Å²) in [7, 11) is 0. The molecule has 1 aromatic carbocycles. The van der Waals surface area contributed by atoms with Crippen molar-refractivity contribution in [3.8, 4) is 0 Å². The highest BCUT2D eigenvalue weighted by Gasteiger charge is 2.38. The number of likely N-dealkylation sites (tertiary alicyclic amines) is 1. The maximum atomic E-state index is 12.8. The van der Waals surface area contributed by atoms with Crippen LogP contribution >= 0.6 is 0 Å². The molecule has 2 rings (SSSR count). The summed E-state index contributed by atoms with van der Waals surface area (Å²) < 4.78 is 4.84. The lowest BCUT2D eigenvalue weighted by atomic mass is 10.1. The van der Waals surface area contributed by atoms with Crippen LogP contribution in [0.15, 0.2) is 30.3 Å². The maximum absolute atomic E-state index is 12.8. The van der Waals surface area contributed by atoms with Crippen LogP contribution in [0.1, 0.15) is 31.4 Å². The number of carboxylic acid groups (broad SMARTS) is 1. The van der Waals surface area contributed by atoms with Crippen molar-refractivity contribution in [1.29, 1.82) is 0 Å². The van der Waals surface area contributed by atoms with Crippen LogP contribution in [0.2, 0.25) is 0 Å². The summed E-state index contributed by atoms with van der Waals surface area (Å²) in [5, 5.41) is 11.8. The Morgan fingerprint density at radius 1 is 1.35 bits per heavy atom. The molecule has 2 amide bonds. The molecule has 0 aliphatic carbocycles. The zero-order valence-corrected chi connectivity index (χ0v) is 12.9. The van der Waals surface area contributed by atoms with Crippen molar-refractivity contribution in [2.45, 2.75) is 31.8 Å². The van der Waals surface area contributed by atoms with E-state index in [4.69, 9.17) is 4.74 Å². The lowest BCUT2D eigenvalue weighted by molar-refractivity contribution is -0.149. The van der Waals surface area contributed by atoms with Crippen LogP contribution < -0.4 is 5.32 Å². The Morgan fingerprint density at radius 2 is 2.04 bits per heavy atom. The molecular weight excluding hydrogens is 300 g/mol. The van der Waals surface area contributed by atoms with Gasteiger partial charge in [-0.2, -0.15) is 0 Å². The fourth-order valence-electron chi connectivity index (χ4n) is 2.68. The third-order valence-electron chi connectivity index (χ3n) is 3.74. The third kappa shape index (κ3) is 4.00. The number of amides is 2. The number of carbonyl (C=O) groups is 3. The molecule has 1 aromatic rings. The van der Waals surface area contributed by atoms with Gasteiger partial charge in [0.25, 0.3) is 5.91 Å². The molecule has 2 N–H and O–H groups in total. The van der Waals surface area contributed by atoms with E-state index in [2.05, 4.69) is 5.32 Å². The molecule has 2 unspecified atom stereocenters. The van der Waals surface area contributed by atoms with Crippen LogP contribution in [0.5, 0.6) is 0 Å². The first-order valence-corrected chi connectivity index (χ1v) is 7.56. The number of hydrogen-bond acceptors (Lipinski definition) is 4. The summed E-state index contributed by atoms with van der Waals surface area (Å²) in [6.45, 7) is 2.21. The first-order valence-electron chi connectivity index (χ1n) is 7.56. The molecule has 2 atom stereocenters. The van der Waals surface area contributed by atoms with Gasteiger partial charge in [0.2, 0.25) is 0 Å². The number of benzene rings is 1. The molecule has 0 bridgehead atoms. The highest BCUT2D eigenvalue weighted by atomic mass is 16.5. The van der Waals surface area contributed by atoms with Crippen molar-refractivity contribution in [2.24, 2.45) is 0 Å². The molecule has 1 aliphatic rings. The topological polar surface area (TPSA) is 95.9 Å². The Morgan fingerprint density at radius 3 is 2.65 bits per heavy atom. The second-order valence-corrected chi connectivity index (χ2v) is 5.24. The van der Waals surface area contributed by atoms with Crippen molar-refractivity contribution in [3.05, 3.63) is 35.9 Å². The lowest BCUT2D eigenvalue weighted by Crippen LogP contribution is -2.47. The first-order chi connectivity index (χ1) is 11.0. The minimum absolute atomic E-state index is 0.184. The summed E-state index contributed by atoms with van der Waals surface area (Å²) in [4.78, 5) is 37.1. The zero-order valence-electron chi connectivity index (χ0n) is 12.9.